The van der Waals surface area contributed by atoms with E-state index in [1.54, 1.807) is 23.3 Å². The number of aryl methyl sites for hydroxylation is 1. The molecule has 0 unspecified atom stereocenters. The van der Waals surface area contributed by atoms with E-state index < -0.39 is 0 Å². The number of nitriles is 1. The van der Waals surface area contributed by atoms with Crippen LogP contribution in [0.4, 0.5) is 5.82 Å². The van der Waals surface area contributed by atoms with Crippen LogP contribution in [0.5, 0.6) is 0 Å². The van der Waals surface area contributed by atoms with E-state index in [1.807, 2.05) is 48.7 Å². The van der Waals surface area contributed by atoms with E-state index in [0.717, 1.165) is 23.3 Å². The second kappa shape index (κ2) is 6.17. The lowest BCUT2D eigenvalue weighted by molar-refractivity contribution is 0.694. The fourth-order valence-corrected chi connectivity index (χ4v) is 2.91. The molecule has 122 valence electrons. The molecule has 1 aromatic carbocycles. The standard InChI is InChI=1S/C18H15N7/c1-24-12-15(10-22-24)17-8-16(14-4-2-13(9-19)3-5-14)23-25(17)18-11-20-6-7-21-18/h2-7,10-12,17H,8H2,1H3/t17-/m1/s1. The summed E-state index contributed by atoms with van der Waals surface area (Å²) in [6.45, 7) is 0. The predicted molar refractivity (Wildman–Crippen MR) is 92.8 cm³/mol. The lowest BCUT2D eigenvalue weighted by Crippen LogP contribution is -2.19. The molecule has 2 aromatic heterocycles. The molecule has 0 spiro atoms. The summed E-state index contributed by atoms with van der Waals surface area (Å²) in [5, 5.41) is 19.9. The van der Waals surface area contributed by atoms with E-state index in [-0.39, 0.29) is 6.04 Å². The van der Waals surface area contributed by atoms with Crippen molar-refractivity contribution >= 4 is 11.5 Å². The van der Waals surface area contributed by atoms with Crippen molar-refractivity contribution in [3.05, 3.63) is 71.9 Å². The van der Waals surface area contributed by atoms with Crippen LogP contribution in [0.25, 0.3) is 0 Å². The smallest absolute Gasteiger partial charge is 0.168 e. The van der Waals surface area contributed by atoms with Gasteiger partial charge in [0, 0.05) is 37.6 Å². The summed E-state index contributed by atoms with van der Waals surface area (Å²) in [4.78, 5) is 8.54. The molecule has 0 N–H and O–H groups in total. The summed E-state index contributed by atoms with van der Waals surface area (Å²) in [6, 6.07) is 9.62. The summed E-state index contributed by atoms with van der Waals surface area (Å²) in [5.74, 6) is 0.694. The molecular weight excluding hydrogens is 314 g/mol. The number of nitrogens with zero attached hydrogens (tertiary/aromatic N) is 7. The van der Waals surface area contributed by atoms with Gasteiger partial charge in [-0.3, -0.25) is 9.67 Å². The van der Waals surface area contributed by atoms with Gasteiger partial charge in [-0.15, -0.1) is 0 Å². The predicted octanol–water partition coefficient (Wildman–Crippen LogP) is 2.44. The zero-order valence-electron chi connectivity index (χ0n) is 13.6. The maximum Gasteiger partial charge on any atom is 0.168 e. The van der Waals surface area contributed by atoms with Gasteiger partial charge in [-0.2, -0.15) is 15.5 Å². The van der Waals surface area contributed by atoms with Crippen molar-refractivity contribution < 1.29 is 0 Å². The molecule has 7 nitrogen and oxygen atoms in total. The molecule has 0 amide bonds. The molecule has 0 saturated heterocycles. The van der Waals surface area contributed by atoms with Crippen molar-refractivity contribution in [1.29, 1.82) is 5.26 Å². The van der Waals surface area contributed by atoms with Crippen LogP contribution in [0.15, 0.2) is 60.4 Å². The Bertz CT molecular complexity index is 951. The highest BCUT2D eigenvalue weighted by molar-refractivity contribution is 6.03. The zero-order valence-corrected chi connectivity index (χ0v) is 13.6. The van der Waals surface area contributed by atoms with Gasteiger partial charge in [0.2, 0.25) is 0 Å². The normalized spacial score (nSPS) is 16.6. The molecule has 3 aromatic rings. The summed E-state index contributed by atoms with van der Waals surface area (Å²) in [5.41, 5.74) is 3.65. The van der Waals surface area contributed by atoms with E-state index in [1.165, 1.54) is 0 Å². The maximum atomic E-state index is 8.96. The summed E-state index contributed by atoms with van der Waals surface area (Å²) >= 11 is 0. The quantitative estimate of drug-likeness (QED) is 0.737. The summed E-state index contributed by atoms with van der Waals surface area (Å²) in [7, 11) is 1.90. The van der Waals surface area contributed by atoms with E-state index in [0.29, 0.717) is 11.4 Å². The Balaban J connectivity index is 1.72. The van der Waals surface area contributed by atoms with Crippen LogP contribution in [0, 0.1) is 11.3 Å². The number of hydrogen-bond acceptors (Lipinski definition) is 6. The molecule has 0 bridgehead atoms. The Labute approximate surface area is 144 Å². The number of rotatable bonds is 3. The SMILES string of the molecule is Cn1cc([C@H]2CC(c3ccc(C#N)cc3)=NN2c2cnccn2)cn1. The van der Waals surface area contributed by atoms with E-state index >= 15 is 0 Å². The fourth-order valence-electron chi connectivity index (χ4n) is 2.91. The van der Waals surface area contributed by atoms with E-state index in [9.17, 15) is 0 Å². The van der Waals surface area contributed by atoms with Crippen LogP contribution in [0.2, 0.25) is 0 Å². The highest BCUT2D eigenvalue weighted by atomic mass is 15.5. The molecule has 0 radical (unpaired) electrons. The van der Waals surface area contributed by atoms with Gasteiger partial charge in [0.1, 0.15) is 0 Å². The Morgan fingerprint density at radius 3 is 2.64 bits per heavy atom. The number of anilines is 1. The molecule has 1 aliphatic rings. The minimum absolute atomic E-state index is 0.0102. The average Bonchev–Trinajstić information content (AvgIpc) is 3.29. The first-order chi connectivity index (χ1) is 12.2. The van der Waals surface area contributed by atoms with Crippen LogP contribution in [-0.2, 0) is 7.05 Å². The van der Waals surface area contributed by atoms with Gasteiger partial charge in [0.25, 0.3) is 0 Å². The highest BCUT2D eigenvalue weighted by Crippen LogP contribution is 2.35. The molecule has 4 rings (SSSR count). The highest BCUT2D eigenvalue weighted by Gasteiger charge is 2.31. The number of hydrogen-bond donors (Lipinski definition) is 0. The lowest BCUT2D eigenvalue weighted by Gasteiger charge is -2.20. The first-order valence-corrected chi connectivity index (χ1v) is 7.86. The molecule has 7 heteroatoms. The van der Waals surface area contributed by atoms with Crippen LogP contribution in [0.3, 0.4) is 0 Å². The van der Waals surface area contributed by atoms with Gasteiger partial charge < -0.3 is 0 Å². The number of hydrazone groups is 1. The van der Waals surface area contributed by atoms with Gasteiger partial charge in [0.15, 0.2) is 5.82 Å². The minimum Gasteiger partial charge on any atom is -0.275 e. The fraction of sp³-hybridized carbons (Fsp3) is 0.167. The first-order valence-electron chi connectivity index (χ1n) is 7.86. The molecule has 1 atom stereocenters. The van der Waals surface area contributed by atoms with E-state index in [2.05, 4.69) is 21.1 Å². The minimum atomic E-state index is 0.0102. The Kier molecular flexibility index (Phi) is 3.71. The van der Waals surface area contributed by atoms with Gasteiger partial charge in [-0.1, -0.05) is 12.1 Å². The summed E-state index contributed by atoms with van der Waals surface area (Å²) < 4.78 is 1.78. The van der Waals surface area contributed by atoms with E-state index in [4.69, 9.17) is 10.4 Å². The van der Waals surface area contributed by atoms with Crippen molar-refractivity contribution in [1.82, 2.24) is 19.7 Å². The molecule has 25 heavy (non-hydrogen) atoms. The second-order valence-electron chi connectivity index (χ2n) is 5.81. The average molecular weight is 329 g/mol. The van der Waals surface area contributed by atoms with Crippen LogP contribution < -0.4 is 5.01 Å². The Hall–Kier alpha value is -3.53. The summed E-state index contributed by atoms with van der Waals surface area (Å²) in [6.07, 6.45) is 9.58. The van der Waals surface area contributed by atoms with Crippen molar-refractivity contribution in [2.75, 3.05) is 5.01 Å². The third kappa shape index (κ3) is 2.85. The van der Waals surface area contributed by atoms with Crippen molar-refractivity contribution in [3.63, 3.8) is 0 Å². The topological polar surface area (TPSA) is 83.0 Å². The van der Waals surface area contributed by atoms with Crippen molar-refractivity contribution in [2.24, 2.45) is 12.1 Å². The van der Waals surface area contributed by atoms with Crippen LogP contribution >= 0.6 is 0 Å². The molecule has 1 aliphatic heterocycles. The van der Waals surface area contributed by atoms with Crippen molar-refractivity contribution in [3.8, 4) is 6.07 Å². The van der Waals surface area contributed by atoms with Gasteiger partial charge in [-0.25, -0.2) is 9.99 Å². The molecule has 0 saturated carbocycles. The van der Waals surface area contributed by atoms with Crippen LogP contribution in [0.1, 0.15) is 29.2 Å². The third-order valence-corrected chi connectivity index (χ3v) is 4.15. The number of aromatic nitrogens is 4. The maximum absolute atomic E-state index is 8.96. The Morgan fingerprint density at radius 2 is 2.00 bits per heavy atom. The lowest BCUT2D eigenvalue weighted by atomic mass is 10.00. The third-order valence-electron chi connectivity index (χ3n) is 4.15. The molecular formula is C18H15N7. The second-order valence-corrected chi connectivity index (χ2v) is 5.81. The van der Waals surface area contributed by atoms with Crippen LogP contribution in [-0.4, -0.2) is 25.5 Å². The molecule has 0 aliphatic carbocycles. The van der Waals surface area contributed by atoms with Gasteiger partial charge >= 0.3 is 0 Å². The first kappa shape index (κ1) is 15.0. The van der Waals surface area contributed by atoms with Crippen molar-refractivity contribution in [2.45, 2.75) is 12.5 Å². The number of benzene rings is 1. The monoisotopic (exact) mass is 329 g/mol. The zero-order chi connectivity index (χ0) is 17.2. The van der Waals surface area contributed by atoms with Gasteiger partial charge in [0.05, 0.1) is 35.8 Å². The molecule has 0 fully saturated rings. The van der Waals surface area contributed by atoms with Gasteiger partial charge in [-0.05, 0) is 17.7 Å². The molecule has 3 heterocycles. The Morgan fingerprint density at radius 1 is 1.16 bits per heavy atom. The largest absolute Gasteiger partial charge is 0.275 e.